The summed E-state index contributed by atoms with van der Waals surface area (Å²) in [4.78, 5) is 31.2. The molecule has 3 rings (SSSR count). The number of halogens is 1. The van der Waals surface area contributed by atoms with Crippen molar-refractivity contribution in [2.45, 2.75) is 13.3 Å². The maximum atomic E-state index is 12.5. The van der Waals surface area contributed by atoms with Crippen molar-refractivity contribution in [3.05, 3.63) is 34.8 Å². The molecule has 0 spiro atoms. The minimum atomic E-state index is -0.317. The van der Waals surface area contributed by atoms with Gasteiger partial charge in [-0.1, -0.05) is 11.6 Å². The van der Waals surface area contributed by atoms with Crippen LogP contribution in [0.1, 0.15) is 13.3 Å². The second kappa shape index (κ2) is 6.68. The molecule has 3 heterocycles. The van der Waals surface area contributed by atoms with Gasteiger partial charge in [-0.25, -0.2) is 0 Å². The summed E-state index contributed by atoms with van der Waals surface area (Å²) in [5.41, 5.74) is 1.33. The number of carbonyl (C=O) groups excluding carboxylic acids is 2. The van der Waals surface area contributed by atoms with Gasteiger partial charge in [-0.15, -0.1) is 11.3 Å². The summed E-state index contributed by atoms with van der Waals surface area (Å²) in [7, 11) is 0. The fourth-order valence-electron chi connectivity index (χ4n) is 2.63. The molecular formula is C16H16ClN3O2S. The minimum Gasteiger partial charge on any atom is -0.342 e. The van der Waals surface area contributed by atoms with Crippen molar-refractivity contribution in [2.24, 2.45) is 5.92 Å². The van der Waals surface area contributed by atoms with Gasteiger partial charge in [0, 0.05) is 25.7 Å². The molecule has 0 saturated carbocycles. The highest BCUT2D eigenvalue weighted by Crippen LogP contribution is 2.34. The maximum Gasteiger partial charge on any atom is 0.229 e. The van der Waals surface area contributed by atoms with E-state index < -0.39 is 0 Å². The fraction of sp³-hybridized carbons (Fsp3) is 0.312. The van der Waals surface area contributed by atoms with Crippen molar-refractivity contribution in [1.82, 2.24) is 9.88 Å². The van der Waals surface area contributed by atoms with Crippen LogP contribution < -0.4 is 5.32 Å². The van der Waals surface area contributed by atoms with Crippen molar-refractivity contribution < 1.29 is 9.59 Å². The van der Waals surface area contributed by atoms with Crippen LogP contribution in [-0.2, 0) is 9.59 Å². The summed E-state index contributed by atoms with van der Waals surface area (Å²) in [5, 5.41) is 2.91. The van der Waals surface area contributed by atoms with E-state index in [1.807, 2.05) is 19.1 Å². The van der Waals surface area contributed by atoms with E-state index in [9.17, 15) is 9.59 Å². The first-order chi connectivity index (χ1) is 11.1. The van der Waals surface area contributed by atoms with Gasteiger partial charge in [-0.05, 0) is 31.2 Å². The van der Waals surface area contributed by atoms with Gasteiger partial charge in [0.25, 0.3) is 0 Å². The minimum absolute atomic E-state index is 0.0316. The Morgan fingerprint density at radius 3 is 2.96 bits per heavy atom. The zero-order valence-electron chi connectivity index (χ0n) is 12.6. The molecule has 0 aromatic carbocycles. The number of hydrogen-bond acceptors (Lipinski definition) is 4. The zero-order chi connectivity index (χ0) is 16.4. The molecule has 1 saturated heterocycles. The average molecular weight is 350 g/mol. The first kappa shape index (κ1) is 16.0. The van der Waals surface area contributed by atoms with E-state index in [2.05, 4.69) is 10.3 Å². The van der Waals surface area contributed by atoms with Crippen LogP contribution in [0.5, 0.6) is 0 Å². The van der Waals surface area contributed by atoms with Crippen LogP contribution in [0.3, 0.4) is 0 Å². The molecule has 1 aliphatic rings. The predicted octanol–water partition coefficient (Wildman–Crippen LogP) is 3.27. The van der Waals surface area contributed by atoms with E-state index in [1.165, 1.54) is 11.3 Å². The van der Waals surface area contributed by atoms with E-state index >= 15 is 0 Å². The van der Waals surface area contributed by atoms with E-state index in [0.717, 1.165) is 4.88 Å². The van der Waals surface area contributed by atoms with Crippen molar-refractivity contribution >= 4 is 40.4 Å². The molecule has 1 aliphatic heterocycles. The number of amides is 2. The van der Waals surface area contributed by atoms with Crippen LogP contribution >= 0.6 is 22.9 Å². The van der Waals surface area contributed by atoms with Crippen LogP contribution in [0.2, 0.25) is 4.34 Å². The molecule has 1 N–H and O–H groups in total. The molecule has 7 heteroatoms. The summed E-state index contributed by atoms with van der Waals surface area (Å²) in [5.74, 6) is -0.433. The van der Waals surface area contributed by atoms with Crippen LogP contribution in [-0.4, -0.2) is 34.8 Å². The van der Waals surface area contributed by atoms with Gasteiger partial charge >= 0.3 is 0 Å². The van der Waals surface area contributed by atoms with Crippen molar-refractivity contribution in [3.63, 3.8) is 0 Å². The first-order valence-electron chi connectivity index (χ1n) is 7.38. The number of rotatable bonds is 4. The molecule has 5 nitrogen and oxygen atoms in total. The Hall–Kier alpha value is -1.92. The topological polar surface area (TPSA) is 62.3 Å². The Balaban J connectivity index is 1.78. The fourth-order valence-corrected chi connectivity index (χ4v) is 3.69. The Bertz CT molecular complexity index is 746. The van der Waals surface area contributed by atoms with Gasteiger partial charge in [0.05, 0.1) is 20.8 Å². The number of hydrogen-bond donors (Lipinski definition) is 1. The third kappa shape index (κ3) is 3.38. The van der Waals surface area contributed by atoms with Gasteiger partial charge in [0.15, 0.2) is 0 Å². The molecule has 23 heavy (non-hydrogen) atoms. The van der Waals surface area contributed by atoms with Crippen LogP contribution in [0.4, 0.5) is 5.69 Å². The van der Waals surface area contributed by atoms with Gasteiger partial charge < -0.3 is 10.2 Å². The quantitative estimate of drug-likeness (QED) is 0.921. The highest BCUT2D eigenvalue weighted by atomic mass is 35.5. The molecule has 2 aromatic heterocycles. The number of aromatic nitrogens is 1. The number of carbonyl (C=O) groups is 2. The van der Waals surface area contributed by atoms with Gasteiger partial charge in [-0.2, -0.15) is 0 Å². The average Bonchev–Trinajstić information content (AvgIpc) is 3.13. The lowest BCUT2D eigenvalue weighted by Crippen LogP contribution is -2.28. The molecule has 0 bridgehead atoms. The van der Waals surface area contributed by atoms with Crippen LogP contribution in [0.25, 0.3) is 10.6 Å². The number of likely N-dealkylation sites (tertiary alicyclic amines) is 1. The Morgan fingerprint density at radius 2 is 2.30 bits per heavy atom. The number of anilines is 1. The lowest BCUT2D eigenvalue weighted by molar-refractivity contribution is -0.128. The Kier molecular flexibility index (Phi) is 4.63. The molecule has 0 unspecified atom stereocenters. The number of nitrogens with zero attached hydrogens (tertiary/aromatic N) is 2. The number of thiophene rings is 1. The highest BCUT2D eigenvalue weighted by molar-refractivity contribution is 7.19. The molecule has 0 radical (unpaired) electrons. The van der Waals surface area contributed by atoms with Crippen molar-refractivity contribution in [2.75, 3.05) is 18.4 Å². The molecule has 0 aliphatic carbocycles. The molecule has 2 aromatic rings. The van der Waals surface area contributed by atoms with E-state index in [0.29, 0.717) is 28.8 Å². The molecule has 2 amide bonds. The van der Waals surface area contributed by atoms with Gasteiger partial charge in [0.2, 0.25) is 11.8 Å². The predicted molar refractivity (Wildman–Crippen MR) is 91.6 cm³/mol. The maximum absolute atomic E-state index is 12.5. The Morgan fingerprint density at radius 1 is 1.48 bits per heavy atom. The van der Waals surface area contributed by atoms with Crippen molar-refractivity contribution in [1.29, 1.82) is 0 Å². The largest absolute Gasteiger partial charge is 0.342 e. The van der Waals surface area contributed by atoms with E-state index in [-0.39, 0.29) is 24.2 Å². The smallest absolute Gasteiger partial charge is 0.229 e. The monoisotopic (exact) mass is 349 g/mol. The normalized spacial score (nSPS) is 17.6. The van der Waals surface area contributed by atoms with Gasteiger partial charge in [0.1, 0.15) is 5.69 Å². The molecule has 120 valence electrons. The zero-order valence-corrected chi connectivity index (χ0v) is 14.2. The van der Waals surface area contributed by atoms with Gasteiger partial charge in [-0.3, -0.25) is 14.6 Å². The summed E-state index contributed by atoms with van der Waals surface area (Å²) < 4.78 is 0.669. The summed E-state index contributed by atoms with van der Waals surface area (Å²) in [6.45, 7) is 3.02. The lowest BCUT2D eigenvalue weighted by atomic mass is 10.1. The summed E-state index contributed by atoms with van der Waals surface area (Å²) in [6, 6.07) is 7.26. The number of nitrogens with one attached hydrogen (secondary N) is 1. The van der Waals surface area contributed by atoms with Crippen LogP contribution in [0.15, 0.2) is 30.5 Å². The van der Waals surface area contributed by atoms with E-state index in [1.54, 1.807) is 23.2 Å². The number of pyridine rings is 1. The van der Waals surface area contributed by atoms with E-state index in [4.69, 9.17) is 11.6 Å². The third-order valence-corrected chi connectivity index (χ3v) is 5.08. The SMILES string of the molecule is CCN1C[C@H](C(=O)Nc2cccnc2-c2ccc(Cl)s2)CC1=O. The lowest BCUT2D eigenvalue weighted by Gasteiger charge is -2.14. The summed E-state index contributed by atoms with van der Waals surface area (Å²) >= 11 is 7.39. The second-order valence-corrected chi connectivity index (χ2v) is 7.04. The molecule has 1 atom stereocenters. The third-order valence-electron chi connectivity index (χ3n) is 3.84. The highest BCUT2D eigenvalue weighted by Gasteiger charge is 2.33. The van der Waals surface area contributed by atoms with Crippen LogP contribution in [0, 0.1) is 5.92 Å². The second-order valence-electron chi connectivity index (χ2n) is 5.33. The standard InChI is InChI=1S/C16H16ClN3O2S/c1-2-20-9-10(8-14(20)21)16(22)19-11-4-3-7-18-15(11)12-5-6-13(17)23-12/h3-7,10H,2,8-9H2,1H3,(H,19,22)/t10-/m1/s1. The summed E-state index contributed by atoms with van der Waals surface area (Å²) in [6.07, 6.45) is 1.94. The molecular weight excluding hydrogens is 334 g/mol. The molecule has 1 fully saturated rings. The Labute approximate surface area is 143 Å². The van der Waals surface area contributed by atoms with Crippen molar-refractivity contribution in [3.8, 4) is 10.6 Å². The first-order valence-corrected chi connectivity index (χ1v) is 8.57.